The van der Waals surface area contributed by atoms with Crippen LogP contribution in [0.4, 0.5) is 5.69 Å². The Morgan fingerprint density at radius 1 is 1.56 bits per heavy atom. The van der Waals surface area contributed by atoms with E-state index in [-0.39, 0.29) is 5.69 Å². The zero-order valence-corrected chi connectivity index (χ0v) is 11.3. The third-order valence-electron chi connectivity index (χ3n) is 2.57. The summed E-state index contributed by atoms with van der Waals surface area (Å²) in [4.78, 5) is 10.9. The highest BCUT2D eigenvalue weighted by molar-refractivity contribution is 9.10. The quantitative estimate of drug-likeness (QED) is 0.811. The lowest BCUT2D eigenvalue weighted by Crippen LogP contribution is -2.06. The van der Waals surface area contributed by atoms with Gasteiger partial charge in [0.25, 0.3) is 0 Å². The highest BCUT2D eigenvalue weighted by Gasteiger charge is 2.11. The minimum absolute atomic E-state index is 0.122. The first-order chi connectivity index (χ1) is 8.58. The summed E-state index contributed by atoms with van der Waals surface area (Å²) in [5.74, 6) is -1.00. The predicted molar refractivity (Wildman–Crippen MR) is 71.8 cm³/mol. The molecule has 18 heavy (non-hydrogen) atoms. The van der Waals surface area contributed by atoms with Crippen LogP contribution in [0.15, 0.2) is 28.9 Å². The molecule has 1 heterocycles. The Balaban J connectivity index is 2.09. The van der Waals surface area contributed by atoms with Crippen molar-refractivity contribution in [1.29, 1.82) is 0 Å². The van der Waals surface area contributed by atoms with Crippen molar-refractivity contribution in [3.8, 4) is 0 Å². The Morgan fingerprint density at radius 2 is 2.33 bits per heavy atom. The van der Waals surface area contributed by atoms with Crippen molar-refractivity contribution in [2.45, 2.75) is 13.5 Å². The average Bonchev–Trinajstić information content (AvgIpc) is 2.79. The van der Waals surface area contributed by atoms with E-state index in [1.165, 1.54) is 6.20 Å². The molecule has 0 spiro atoms. The summed E-state index contributed by atoms with van der Waals surface area (Å²) < 4.78 is 1.04. The number of aromatic amines is 1. The maximum Gasteiger partial charge on any atom is 0.354 e. The van der Waals surface area contributed by atoms with Gasteiger partial charge >= 0.3 is 5.97 Å². The fraction of sp³-hybridized carbons (Fsp3) is 0.167. The maximum absolute atomic E-state index is 10.9. The maximum atomic E-state index is 10.9. The predicted octanol–water partition coefficient (Wildman–Crippen LogP) is 2.79. The van der Waals surface area contributed by atoms with E-state index in [1.54, 1.807) is 0 Å². The standard InChI is InChI=1S/C12H12BrN3O2/c1-7-4-9(2-3-10(7)13)14-5-8-6-15-16-11(8)12(17)18/h2-4,6,14H,5H2,1H3,(H,15,16)(H,17,18). The van der Waals surface area contributed by atoms with Gasteiger partial charge in [0.05, 0.1) is 6.20 Å². The van der Waals surface area contributed by atoms with Gasteiger partial charge in [-0.15, -0.1) is 0 Å². The highest BCUT2D eigenvalue weighted by Crippen LogP contribution is 2.20. The molecule has 0 saturated heterocycles. The van der Waals surface area contributed by atoms with E-state index in [0.29, 0.717) is 12.1 Å². The number of carboxylic acids is 1. The van der Waals surface area contributed by atoms with Crippen LogP contribution in [0.2, 0.25) is 0 Å². The van der Waals surface area contributed by atoms with Crippen LogP contribution >= 0.6 is 15.9 Å². The lowest BCUT2D eigenvalue weighted by atomic mass is 10.2. The number of rotatable bonds is 4. The van der Waals surface area contributed by atoms with Gasteiger partial charge in [-0.1, -0.05) is 15.9 Å². The van der Waals surface area contributed by atoms with Crippen LogP contribution in [0.1, 0.15) is 21.6 Å². The largest absolute Gasteiger partial charge is 0.477 e. The molecule has 2 aromatic rings. The van der Waals surface area contributed by atoms with E-state index < -0.39 is 5.97 Å². The number of hydrogen-bond acceptors (Lipinski definition) is 3. The number of aryl methyl sites for hydroxylation is 1. The summed E-state index contributed by atoms with van der Waals surface area (Å²) >= 11 is 3.43. The summed E-state index contributed by atoms with van der Waals surface area (Å²) in [5.41, 5.74) is 2.80. The Bertz CT molecular complexity index is 580. The van der Waals surface area contributed by atoms with Gasteiger partial charge in [-0.2, -0.15) is 5.10 Å². The molecular formula is C12H12BrN3O2. The van der Waals surface area contributed by atoms with E-state index in [9.17, 15) is 4.79 Å². The SMILES string of the molecule is Cc1cc(NCc2cn[nH]c2C(=O)O)ccc1Br. The minimum Gasteiger partial charge on any atom is -0.477 e. The topological polar surface area (TPSA) is 78.0 Å². The first-order valence-electron chi connectivity index (χ1n) is 5.33. The summed E-state index contributed by atoms with van der Waals surface area (Å²) in [6, 6.07) is 5.87. The molecule has 1 aromatic heterocycles. The molecule has 0 atom stereocenters. The molecule has 6 heteroatoms. The number of nitrogens with zero attached hydrogens (tertiary/aromatic N) is 1. The Hall–Kier alpha value is -1.82. The molecule has 0 unspecified atom stereocenters. The molecule has 3 N–H and O–H groups in total. The molecular weight excluding hydrogens is 298 g/mol. The van der Waals surface area contributed by atoms with Crippen LogP contribution < -0.4 is 5.32 Å². The van der Waals surface area contributed by atoms with Gasteiger partial charge in [0, 0.05) is 22.3 Å². The van der Waals surface area contributed by atoms with E-state index in [4.69, 9.17) is 5.11 Å². The molecule has 0 aliphatic rings. The number of aromatic carboxylic acids is 1. The van der Waals surface area contributed by atoms with Gasteiger partial charge in [-0.25, -0.2) is 4.79 Å². The molecule has 0 bridgehead atoms. The van der Waals surface area contributed by atoms with Crippen LogP contribution in [0.25, 0.3) is 0 Å². The third kappa shape index (κ3) is 2.70. The minimum atomic E-state index is -1.00. The molecule has 0 fully saturated rings. The van der Waals surface area contributed by atoms with Crippen molar-refractivity contribution < 1.29 is 9.90 Å². The van der Waals surface area contributed by atoms with Crippen molar-refractivity contribution in [2.24, 2.45) is 0 Å². The fourth-order valence-electron chi connectivity index (χ4n) is 1.58. The van der Waals surface area contributed by atoms with Crippen molar-refractivity contribution in [1.82, 2.24) is 10.2 Å². The molecule has 0 saturated carbocycles. The molecule has 0 aliphatic carbocycles. The molecule has 1 aromatic carbocycles. The van der Waals surface area contributed by atoms with E-state index in [0.717, 1.165) is 15.7 Å². The number of hydrogen-bond donors (Lipinski definition) is 3. The molecule has 94 valence electrons. The summed E-state index contributed by atoms with van der Waals surface area (Å²) in [7, 11) is 0. The van der Waals surface area contributed by atoms with Crippen LogP contribution in [-0.4, -0.2) is 21.3 Å². The van der Waals surface area contributed by atoms with E-state index in [2.05, 4.69) is 31.4 Å². The van der Waals surface area contributed by atoms with Crippen LogP contribution in [0.5, 0.6) is 0 Å². The normalized spacial score (nSPS) is 10.3. The average molecular weight is 310 g/mol. The third-order valence-corrected chi connectivity index (χ3v) is 3.46. The lowest BCUT2D eigenvalue weighted by Gasteiger charge is -2.07. The monoisotopic (exact) mass is 309 g/mol. The molecule has 2 rings (SSSR count). The van der Waals surface area contributed by atoms with Gasteiger partial charge in [0.2, 0.25) is 0 Å². The number of H-pyrrole nitrogens is 1. The number of benzene rings is 1. The highest BCUT2D eigenvalue weighted by atomic mass is 79.9. The van der Waals surface area contributed by atoms with E-state index >= 15 is 0 Å². The summed E-state index contributed by atoms with van der Waals surface area (Å²) in [5, 5.41) is 18.3. The second-order valence-corrected chi connectivity index (χ2v) is 4.75. The number of aromatic nitrogens is 2. The Kier molecular flexibility index (Phi) is 3.66. The number of nitrogens with one attached hydrogen (secondary N) is 2. The molecule has 0 radical (unpaired) electrons. The Morgan fingerprint density at radius 3 is 3.00 bits per heavy atom. The van der Waals surface area contributed by atoms with Gasteiger partial charge in [-0.05, 0) is 30.7 Å². The second kappa shape index (κ2) is 5.22. The van der Waals surface area contributed by atoms with Crippen LogP contribution in [0.3, 0.4) is 0 Å². The smallest absolute Gasteiger partial charge is 0.354 e. The summed E-state index contributed by atoms with van der Waals surface area (Å²) in [6.45, 7) is 2.41. The van der Waals surface area contributed by atoms with Crippen molar-refractivity contribution in [2.75, 3.05) is 5.32 Å². The number of halogens is 1. The first kappa shape index (κ1) is 12.6. The number of carboxylic acid groups (broad SMARTS) is 1. The zero-order chi connectivity index (χ0) is 13.1. The molecule has 0 aliphatic heterocycles. The van der Waals surface area contributed by atoms with E-state index in [1.807, 2.05) is 25.1 Å². The second-order valence-electron chi connectivity index (χ2n) is 3.89. The van der Waals surface area contributed by atoms with Crippen LogP contribution in [0, 0.1) is 6.92 Å². The molecule has 0 amide bonds. The summed E-state index contributed by atoms with van der Waals surface area (Å²) in [6.07, 6.45) is 1.52. The molecule has 5 nitrogen and oxygen atoms in total. The van der Waals surface area contributed by atoms with Crippen molar-refractivity contribution >= 4 is 27.6 Å². The number of anilines is 1. The van der Waals surface area contributed by atoms with Gasteiger partial charge in [0.1, 0.15) is 5.69 Å². The zero-order valence-electron chi connectivity index (χ0n) is 9.70. The van der Waals surface area contributed by atoms with Crippen molar-refractivity contribution in [3.05, 3.63) is 45.7 Å². The Labute approximate surface area is 112 Å². The number of carbonyl (C=O) groups is 1. The first-order valence-corrected chi connectivity index (χ1v) is 6.13. The van der Waals surface area contributed by atoms with Crippen molar-refractivity contribution in [3.63, 3.8) is 0 Å². The van der Waals surface area contributed by atoms with Gasteiger partial charge in [-0.3, -0.25) is 5.10 Å². The van der Waals surface area contributed by atoms with Gasteiger partial charge in [0.15, 0.2) is 0 Å². The fourth-order valence-corrected chi connectivity index (χ4v) is 1.83. The van der Waals surface area contributed by atoms with Gasteiger partial charge < -0.3 is 10.4 Å². The lowest BCUT2D eigenvalue weighted by molar-refractivity contribution is 0.0689. The van der Waals surface area contributed by atoms with Crippen LogP contribution in [-0.2, 0) is 6.54 Å².